The van der Waals surface area contributed by atoms with Crippen LogP contribution >= 0.6 is 0 Å². The molecule has 15 heavy (non-hydrogen) atoms. The zero-order valence-electron chi connectivity index (χ0n) is 9.03. The Hall–Kier alpha value is -1.36. The summed E-state index contributed by atoms with van der Waals surface area (Å²) in [5.74, 6) is 0.592. The molecule has 0 fully saturated rings. The van der Waals surface area contributed by atoms with Crippen molar-refractivity contribution in [3.63, 3.8) is 0 Å². The molecule has 0 spiro atoms. The number of aromatic nitrogens is 2. The predicted octanol–water partition coefficient (Wildman–Crippen LogP) is 0.821. The zero-order valence-corrected chi connectivity index (χ0v) is 9.03. The van der Waals surface area contributed by atoms with Gasteiger partial charge in [0, 0.05) is 19.0 Å². The first kappa shape index (κ1) is 11.7. The third kappa shape index (κ3) is 4.60. The Morgan fingerprint density at radius 2 is 2.27 bits per heavy atom. The number of aromatic amines is 1. The summed E-state index contributed by atoms with van der Waals surface area (Å²) in [4.78, 5) is 17.4. The number of hydrogen-bond donors (Lipinski definition) is 1. The topological polar surface area (TPSA) is 64.2 Å². The molecule has 0 saturated heterocycles. The van der Waals surface area contributed by atoms with Gasteiger partial charge in [-0.25, -0.2) is 4.98 Å². The molecular formula is C10H16N2O3. The Morgan fingerprint density at radius 3 is 2.93 bits per heavy atom. The average Bonchev–Trinajstić information content (AvgIpc) is 2.20. The van der Waals surface area contributed by atoms with E-state index < -0.39 is 0 Å². The van der Waals surface area contributed by atoms with E-state index in [1.54, 1.807) is 0 Å². The molecule has 1 aromatic heterocycles. The lowest BCUT2D eigenvalue weighted by Gasteiger charge is -2.07. The molecule has 0 aliphatic heterocycles. The van der Waals surface area contributed by atoms with Gasteiger partial charge < -0.3 is 14.5 Å². The van der Waals surface area contributed by atoms with Gasteiger partial charge in [-0.05, 0) is 5.92 Å². The average molecular weight is 212 g/mol. The molecule has 0 unspecified atom stereocenters. The Labute approximate surface area is 88.4 Å². The van der Waals surface area contributed by atoms with Gasteiger partial charge in [0.05, 0.1) is 6.61 Å². The first-order chi connectivity index (χ1) is 7.20. The van der Waals surface area contributed by atoms with Crippen LogP contribution in [-0.2, 0) is 4.74 Å². The Bertz CT molecular complexity index is 335. The van der Waals surface area contributed by atoms with E-state index in [2.05, 4.69) is 23.8 Å². The molecule has 1 heterocycles. The number of H-pyrrole nitrogens is 1. The number of ether oxygens (including phenoxy) is 2. The molecular weight excluding hydrogens is 196 g/mol. The zero-order chi connectivity index (χ0) is 11.1. The maximum absolute atomic E-state index is 11.1. The van der Waals surface area contributed by atoms with E-state index in [4.69, 9.17) is 9.47 Å². The summed E-state index contributed by atoms with van der Waals surface area (Å²) >= 11 is 0. The molecule has 5 heteroatoms. The summed E-state index contributed by atoms with van der Waals surface area (Å²) in [5, 5.41) is 0. The predicted molar refractivity (Wildman–Crippen MR) is 56.0 cm³/mol. The molecule has 0 radical (unpaired) electrons. The van der Waals surface area contributed by atoms with Gasteiger partial charge in [-0.15, -0.1) is 0 Å². The van der Waals surface area contributed by atoms with Crippen LogP contribution in [0.5, 0.6) is 5.88 Å². The van der Waals surface area contributed by atoms with Gasteiger partial charge in [0.25, 0.3) is 5.88 Å². The number of rotatable bonds is 6. The molecule has 0 saturated carbocycles. The van der Waals surface area contributed by atoms with Crippen molar-refractivity contribution in [2.75, 3.05) is 19.8 Å². The highest BCUT2D eigenvalue weighted by Crippen LogP contribution is 1.95. The first-order valence-electron chi connectivity index (χ1n) is 4.94. The molecule has 0 aromatic carbocycles. The van der Waals surface area contributed by atoms with Gasteiger partial charge in [0.15, 0.2) is 0 Å². The quantitative estimate of drug-likeness (QED) is 0.709. The lowest BCUT2D eigenvalue weighted by atomic mass is 10.2. The summed E-state index contributed by atoms with van der Waals surface area (Å²) in [7, 11) is 0. The van der Waals surface area contributed by atoms with Crippen molar-refractivity contribution in [2.24, 2.45) is 5.92 Å². The smallest absolute Gasteiger partial charge is 0.310 e. The highest BCUT2D eigenvalue weighted by molar-refractivity contribution is 5.01. The van der Waals surface area contributed by atoms with Crippen molar-refractivity contribution in [3.05, 3.63) is 22.7 Å². The van der Waals surface area contributed by atoms with Gasteiger partial charge >= 0.3 is 5.56 Å². The summed E-state index contributed by atoms with van der Waals surface area (Å²) < 4.78 is 10.4. The Balaban J connectivity index is 2.21. The molecule has 1 aromatic rings. The van der Waals surface area contributed by atoms with Crippen LogP contribution in [0.15, 0.2) is 17.2 Å². The van der Waals surface area contributed by atoms with Gasteiger partial charge in [0.2, 0.25) is 0 Å². The molecule has 5 nitrogen and oxygen atoms in total. The molecule has 1 rings (SSSR count). The lowest BCUT2D eigenvalue weighted by Crippen LogP contribution is -2.16. The van der Waals surface area contributed by atoms with E-state index >= 15 is 0 Å². The van der Waals surface area contributed by atoms with E-state index in [0.717, 1.165) is 0 Å². The second kappa shape index (κ2) is 6.19. The van der Waals surface area contributed by atoms with Crippen molar-refractivity contribution in [1.29, 1.82) is 0 Å². The van der Waals surface area contributed by atoms with Crippen LogP contribution in [-0.4, -0.2) is 29.8 Å². The highest BCUT2D eigenvalue weighted by atomic mass is 16.5. The largest absolute Gasteiger partial charge is 0.471 e. The minimum absolute atomic E-state index is 0.0886. The van der Waals surface area contributed by atoms with E-state index in [1.807, 2.05) is 0 Å². The summed E-state index contributed by atoms with van der Waals surface area (Å²) in [6.07, 6.45) is 2.94. The number of hydrogen-bond acceptors (Lipinski definition) is 4. The van der Waals surface area contributed by atoms with Gasteiger partial charge in [-0.1, -0.05) is 13.8 Å². The fourth-order valence-electron chi connectivity index (χ4n) is 0.957. The minimum Gasteiger partial charge on any atom is -0.471 e. The highest BCUT2D eigenvalue weighted by Gasteiger charge is 2.00. The lowest BCUT2D eigenvalue weighted by molar-refractivity contribution is 0.0801. The standard InChI is InChI=1S/C10H16N2O3/c1-8(2)7-14-5-6-15-10-9(13)11-3-4-12-10/h3-4,8H,5-7H2,1-2H3,(H,11,13). The van der Waals surface area contributed by atoms with E-state index in [9.17, 15) is 4.79 Å². The Morgan fingerprint density at radius 1 is 1.47 bits per heavy atom. The van der Waals surface area contributed by atoms with Crippen molar-refractivity contribution in [1.82, 2.24) is 9.97 Å². The van der Waals surface area contributed by atoms with Crippen molar-refractivity contribution in [2.45, 2.75) is 13.8 Å². The summed E-state index contributed by atoms with van der Waals surface area (Å²) in [6.45, 7) is 5.65. The first-order valence-corrected chi connectivity index (χ1v) is 4.94. The van der Waals surface area contributed by atoms with Crippen LogP contribution in [0.4, 0.5) is 0 Å². The fourth-order valence-corrected chi connectivity index (χ4v) is 0.957. The van der Waals surface area contributed by atoms with E-state index in [1.165, 1.54) is 12.4 Å². The fraction of sp³-hybridized carbons (Fsp3) is 0.600. The molecule has 84 valence electrons. The normalized spacial score (nSPS) is 10.6. The molecule has 0 aliphatic rings. The summed E-state index contributed by atoms with van der Waals surface area (Å²) in [5.41, 5.74) is -0.318. The van der Waals surface area contributed by atoms with Crippen LogP contribution in [0.1, 0.15) is 13.8 Å². The Kier molecular flexibility index (Phi) is 4.83. The van der Waals surface area contributed by atoms with Crippen molar-refractivity contribution >= 4 is 0 Å². The second-order valence-electron chi connectivity index (χ2n) is 3.54. The number of nitrogens with zero attached hydrogens (tertiary/aromatic N) is 1. The summed E-state index contributed by atoms with van der Waals surface area (Å²) in [6, 6.07) is 0. The third-order valence-electron chi connectivity index (χ3n) is 1.59. The molecule has 0 atom stereocenters. The number of nitrogens with one attached hydrogen (secondary N) is 1. The van der Waals surface area contributed by atoms with Gasteiger partial charge in [-0.3, -0.25) is 4.79 Å². The van der Waals surface area contributed by atoms with Crippen LogP contribution in [0.2, 0.25) is 0 Å². The maximum Gasteiger partial charge on any atom is 0.310 e. The third-order valence-corrected chi connectivity index (χ3v) is 1.59. The van der Waals surface area contributed by atoms with Crippen LogP contribution < -0.4 is 10.3 Å². The minimum atomic E-state index is -0.318. The van der Waals surface area contributed by atoms with Gasteiger partial charge in [0.1, 0.15) is 6.61 Å². The van der Waals surface area contributed by atoms with Gasteiger partial charge in [-0.2, -0.15) is 0 Å². The monoisotopic (exact) mass is 212 g/mol. The van der Waals surface area contributed by atoms with Crippen LogP contribution in [0, 0.1) is 5.92 Å². The molecule has 0 amide bonds. The SMILES string of the molecule is CC(C)COCCOc1ncc[nH]c1=O. The van der Waals surface area contributed by atoms with Crippen molar-refractivity contribution in [3.8, 4) is 5.88 Å². The van der Waals surface area contributed by atoms with Crippen LogP contribution in [0.3, 0.4) is 0 Å². The van der Waals surface area contributed by atoms with Crippen LogP contribution in [0.25, 0.3) is 0 Å². The maximum atomic E-state index is 11.1. The van der Waals surface area contributed by atoms with E-state index in [-0.39, 0.29) is 11.4 Å². The molecule has 1 N–H and O–H groups in total. The molecule has 0 bridgehead atoms. The van der Waals surface area contributed by atoms with Crippen molar-refractivity contribution < 1.29 is 9.47 Å². The van der Waals surface area contributed by atoms with E-state index in [0.29, 0.717) is 25.7 Å². The molecule has 0 aliphatic carbocycles. The second-order valence-corrected chi connectivity index (χ2v) is 3.54.